The molecule has 1 aliphatic heterocycles. The van der Waals surface area contributed by atoms with E-state index in [2.05, 4.69) is 0 Å². The van der Waals surface area contributed by atoms with Crippen LogP contribution in [-0.4, -0.2) is 23.0 Å². The number of carbonyl (C=O) groups is 1. The Kier molecular flexibility index (Phi) is 5.51. The second kappa shape index (κ2) is 8.25. The molecule has 0 aromatic heterocycles. The first-order valence-corrected chi connectivity index (χ1v) is 10.1. The summed E-state index contributed by atoms with van der Waals surface area (Å²) < 4.78 is 5.22. The van der Waals surface area contributed by atoms with Gasteiger partial charge in [-0.05, 0) is 47.9 Å². The number of halogens is 1. The van der Waals surface area contributed by atoms with Crippen LogP contribution in [-0.2, 0) is 11.3 Å². The number of carbonyl (C=O) groups excluding carboxylic acids is 1. The Morgan fingerprint density at radius 2 is 1.60 bits per heavy atom. The van der Waals surface area contributed by atoms with Gasteiger partial charge in [-0.15, -0.1) is 0 Å². The molecule has 0 radical (unpaired) electrons. The van der Waals surface area contributed by atoms with Crippen molar-refractivity contribution in [2.24, 2.45) is 0 Å². The molecule has 0 saturated heterocycles. The van der Waals surface area contributed by atoms with E-state index < -0.39 is 6.04 Å². The predicted octanol–water partition coefficient (Wildman–Crippen LogP) is 5.71. The molecule has 152 valence electrons. The van der Waals surface area contributed by atoms with Crippen LogP contribution in [0.3, 0.4) is 0 Å². The fourth-order valence-corrected chi connectivity index (χ4v) is 3.89. The SMILES string of the molecule is COc1ccc(CN2C(=O)C(O)=C(c3ccc(C)cc3)C2c2ccc(Cl)cc2)cc1. The Bertz CT molecular complexity index is 1090. The normalized spacial score (nSPS) is 16.3. The van der Waals surface area contributed by atoms with Gasteiger partial charge in [-0.1, -0.05) is 65.7 Å². The minimum atomic E-state index is -0.417. The highest BCUT2D eigenvalue weighted by atomic mass is 35.5. The maximum Gasteiger partial charge on any atom is 0.290 e. The molecule has 1 amide bonds. The van der Waals surface area contributed by atoms with E-state index in [1.807, 2.05) is 67.6 Å². The minimum Gasteiger partial charge on any atom is -0.503 e. The number of nitrogens with zero attached hydrogens (tertiary/aromatic N) is 1. The summed E-state index contributed by atoms with van der Waals surface area (Å²) in [5, 5.41) is 11.5. The summed E-state index contributed by atoms with van der Waals surface area (Å²) in [6, 6.07) is 22.4. The average molecular weight is 420 g/mol. The molecule has 5 heteroatoms. The van der Waals surface area contributed by atoms with E-state index >= 15 is 0 Å². The zero-order valence-electron chi connectivity index (χ0n) is 16.8. The molecule has 4 rings (SSSR count). The molecule has 0 saturated carbocycles. The van der Waals surface area contributed by atoms with Crippen LogP contribution in [0.4, 0.5) is 0 Å². The molecular formula is C25H22ClNO3. The Labute approximate surface area is 181 Å². The van der Waals surface area contributed by atoms with Gasteiger partial charge in [0.25, 0.3) is 5.91 Å². The van der Waals surface area contributed by atoms with Gasteiger partial charge in [0, 0.05) is 17.1 Å². The number of hydrogen-bond acceptors (Lipinski definition) is 3. The lowest BCUT2D eigenvalue weighted by molar-refractivity contribution is -0.130. The second-order valence-electron chi connectivity index (χ2n) is 7.36. The van der Waals surface area contributed by atoms with Crippen LogP contribution in [0, 0.1) is 6.92 Å². The number of benzene rings is 3. The third-order valence-corrected chi connectivity index (χ3v) is 5.62. The first kappa shape index (κ1) is 20.0. The van der Waals surface area contributed by atoms with Crippen LogP contribution in [0.5, 0.6) is 5.75 Å². The summed E-state index contributed by atoms with van der Waals surface area (Å²) in [5.41, 5.74) is 4.38. The average Bonchev–Trinajstić information content (AvgIpc) is 3.00. The summed E-state index contributed by atoms with van der Waals surface area (Å²) in [5.74, 6) is 0.149. The molecule has 1 atom stereocenters. The van der Waals surface area contributed by atoms with Crippen LogP contribution in [0.1, 0.15) is 28.3 Å². The monoisotopic (exact) mass is 419 g/mol. The fraction of sp³-hybridized carbons (Fsp3) is 0.160. The third kappa shape index (κ3) is 3.79. The van der Waals surface area contributed by atoms with E-state index in [4.69, 9.17) is 16.3 Å². The molecule has 0 bridgehead atoms. The number of ether oxygens (including phenoxy) is 1. The number of aliphatic hydroxyl groups excluding tert-OH is 1. The Balaban J connectivity index is 1.77. The number of aryl methyl sites for hydroxylation is 1. The summed E-state index contributed by atoms with van der Waals surface area (Å²) in [7, 11) is 1.62. The van der Waals surface area contributed by atoms with Gasteiger partial charge in [-0.25, -0.2) is 0 Å². The highest BCUT2D eigenvalue weighted by Crippen LogP contribution is 2.44. The smallest absolute Gasteiger partial charge is 0.290 e. The van der Waals surface area contributed by atoms with Crippen molar-refractivity contribution < 1.29 is 14.6 Å². The summed E-state index contributed by atoms with van der Waals surface area (Å²) in [6.45, 7) is 2.36. The lowest BCUT2D eigenvalue weighted by atomic mass is 9.93. The summed E-state index contributed by atoms with van der Waals surface area (Å²) in [6.07, 6.45) is 0. The number of hydrogen-bond donors (Lipinski definition) is 1. The first-order valence-electron chi connectivity index (χ1n) is 9.67. The van der Waals surface area contributed by atoms with Crippen molar-refractivity contribution in [2.45, 2.75) is 19.5 Å². The van der Waals surface area contributed by atoms with Crippen molar-refractivity contribution >= 4 is 23.1 Å². The molecule has 4 nitrogen and oxygen atoms in total. The van der Waals surface area contributed by atoms with E-state index in [0.29, 0.717) is 17.1 Å². The number of amides is 1. The summed E-state index contributed by atoms with van der Waals surface area (Å²) in [4.78, 5) is 14.8. The van der Waals surface area contributed by atoms with Crippen molar-refractivity contribution in [1.82, 2.24) is 4.90 Å². The molecular weight excluding hydrogens is 398 g/mol. The van der Waals surface area contributed by atoms with Crippen LogP contribution in [0.15, 0.2) is 78.6 Å². The van der Waals surface area contributed by atoms with Gasteiger partial charge < -0.3 is 14.7 Å². The van der Waals surface area contributed by atoms with Gasteiger partial charge in [0.1, 0.15) is 5.75 Å². The molecule has 0 fully saturated rings. The van der Waals surface area contributed by atoms with E-state index in [-0.39, 0.29) is 11.7 Å². The zero-order valence-corrected chi connectivity index (χ0v) is 17.6. The van der Waals surface area contributed by atoms with Gasteiger partial charge in [0.05, 0.1) is 13.2 Å². The number of aliphatic hydroxyl groups is 1. The van der Waals surface area contributed by atoms with Crippen LogP contribution in [0.2, 0.25) is 5.02 Å². The zero-order chi connectivity index (χ0) is 21.3. The van der Waals surface area contributed by atoms with Gasteiger partial charge in [0.2, 0.25) is 0 Å². The molecule has 0 aliphatic carbocycles. The van der Waals surface area contributed by atoms with Crippen LogP contribution < -0.4 is 4.74 Å². The lowest BCUT2D eigenvalue weighted by Gasteiger charge is -2.27. The predicted molar refractivity (Wildman–Crippen MR) is 118 cm³/mol. The maximum atomic E-state index is 13.1. The largest absolute Gasteiger partial charge is 0.503 e. The highest BCUT2D eigenvalue weighted by molar-refractivity contribution is 6.30. The van der Waals surface area contributed by atoms with Gasteiger partial charge in [-0.3, -0.25) is 4.79 Å². The Morgan fingerprint density at radius 1 is 0.967 bits per heavy atom. The maximum absolute atomic E-state index is 13.1. The lowest BCUT2D eigenvalue weighted by Crippen LogP contribution is -2.29. The van der Waals surface area contributed by atoms with Crippen molar-refractivity contribution in [3.63, 3.8) is 0 Å². The van der Waals surface area contributed by atoms with Crippen LogP contribution in [0.25, 0.3) is 5.57 Å². The third-order valence-electron chi connectivity index (χ3n) is 5.36. The van der Waals surface area contributed by atoms with Crippen molar-refractivity contribution in [3.8, 4) is 5.75 Å². The Hall–Kier alpha value is -3.24. The quantitative estimate of drug-likeness (QED) is 0.576. The molecule has 30 heavy (non-hydrogen) atoms. The molecule has 0 spiro atoms. The Morgan fingerprint density at radius 3 is 2.20 bits per heavy atom. The van der Waals surface area contributed by atoms with E-state index in [9.17, 15) is 9.90 Å². The van der Waals surface area contributed by atoms with Gasteiger partial charge in [0.15, 0.2) is 5.76 Å². The van der Waals surface area contributed by atoms with E-state index in [1.165, 1.54) is 0 Å². The molecule has 1 unspecified atom stereocenters. The number of methoxy groups -OCH3 is 1. The van der Waals surface area contributed by atoms with E-state index in [0.717, 1.165) is 28.0 Å². The standard InChI is InChI=1S/C25H22ClNO3/c1-16-3-7-18(8-4-16)22-23(19-9-11-20(26)12-10-19)27(25(29)24(22)28)15-17-5-13-21(30-2)14-6-17/h3-14,23,28H,15H2,1-2H3. The second-order valence-corrected chi connectivity index (χ2v) is 7.80. The molecule has 1 aliphatic rings. The summed E-state index contributed by atoms with van der Waals surface area (Å²) >= 11 is 6.09. The van der Waals surface area contributed by atoms with Crippen molar-refractivity contribution in [1.29, 1.82) is 0 Å². The minimum absolute atomic E-state index is 0.215. The molecule has 1 N–H and O–H groups in total. The van der Waals surface area contributed by atoms with Gasteiger partial charge in [-0.2, -0.15) is 0 Å². The fourth-order valence-electron chi connectivity index (χ4n) is 3.76. The highest BCUT2D eigenvalue weighted by Gasteiger charge is 2.40. The van der Waals surface area contributed by atoms with Crippen molar-refractivity contribution in [2.75, 3.05) is 7.11 Å². The topological polar surface area (TPSA) is 49.8 Å². The molecule has 1 heterocycles. The molecule has 3 aromatic carbocycles. The van der Waals surface area contributed by atoms with E-state index in [1.54, 1.807) is 24.1 Å². The van der Waals surface area contributed by atoms with Crippen molar-refractivity contribution in [3.05, 3.63) is 106 Å². The van der Waals surface area contributed by atoms with Crippen LogP contribution >= 0.6 is 11.6 Å². The number of rotatable bonds is 5. The first-order chi connectivity index (χ1) is 14.5. The molecule has 3 aromatic rings. The van der Waals surface area contributed by atoms with Gasteiger partial charge >= 0.3 is 0 Å².